The molecule has 2 aromatic rings. The third-order valence-electron chi connectivity index (χ3n) is 4.53. The third-order valence-corrected chi connectivity index (χ3v) is 5.54. The second-order valence-electron chi connectivity index (χ2n) is 6.51. The van der Waals surface area contributed by atoms with E-state index < -0.39 is 0 Å². The van der Waals surface area contributed by atoms with Gasteiger partial charge in [0.1, 0.15) is 0 Å². The number of hydrogen-bond donors (Lipinski definition) is 1. The zero-order valence-corrected chi connectivity index (χ0v) is 15.4. The lowest BCUT2D eigenvalue weighted by Gasteiger charge is -2.17. The normalized spacial score (nSPS) is 14.6. The standard InChI is InChI=1S/C21H26N2OS/c24-21(17-25-16-18-8-2-1-3-9-18)22-14-19-10-4-5-11-20(19)15-23-12-6-7-13-23/h1-5,8-11H,6-7,12-17H2,(H,22,24). The van der Waals surface area contributed by atoms with Gasteiger partial charge in [-0.3, -0.25) is 9.69 Å². The lowest BCUT2D eigenvalue weighted by Crippen LogP contribution is -2.26. The molecule has 0 spiro atoms. The van der Waals surface area contributed by atoms with Crippen LogP contribution in [0.3, 0.4) is 0 Å². The van der Waals surface area contributed by atoms with Crippen molar-refractivity contribution < 1.29 is 4.79 Å². The highest BCUT2D eigenvalue weighted by Crippen LogP contribution is 2.16. The molecule has 1 fully saturated rings. The summed E-state index contributed by atoms with van der Waals surface area (Å²) in [6.45, 7) is 4.00. The highest BCUT2D eigenvalue weighted by molar-refractivity contribution is 7.99. The first-order chi connectivity index (χ1) is 12.3. The van der Waals surface area contributed by atoms with E-state index in [-0.39, 0.29) is 5.91 Å². The summed E-state index contributed by atoms with van der Waals surface area (Å²) >= 11 is 1.66. The monoisotopic (exact) mass is 354 g/mol. The fourth-order valence-corrected chi connectivity index (χ4v) is 3.96. The molecule has 1 aliphatic heterocycles. The van der Waals surface area contributed by atoms with Gasteiger partial charge in [0.15, 0.2) is 0 Å². The Balaban J connectivity index is 1.43. The van der Waals surface area contributed by atoms with Gasteiger partial charge in [-0.05, 0) is 42.6 Å². The first kappa shape index (κ1) is 18.0. The van der Waals surface area contributed by atoms with Crippen LogP contribution < -0.4 is 5.32 Å². The van der Waals surface area contributed by atoms with E-state index in [0.717, 1.165) is 12.3 Å². The van der Waals surface area contributed by atoms with Crippen molar-refractivity contribution in [3.63, 3.8) is 0 Å². The maximum absolute atomic E-state index is 12.1. The molecule has 0 atom stereocenters. The third kappa shape index (κ3) is 5.91. The van der Waals surface area contributed by atoms with Gasteiger partial charge in [-0.15, -0.1) is 11.8 Å². The molecule has 3 nitrogen and oxygen atoms in total. The van der Waals surface area contributed by atoms with E-state index in [1.807, 2.05) is 18.2 Å². The smallest absolute Gasteiger partial charge is 0.230 e. The summed E-state index contributed by atoms with van der Waals surface area (Å²) in [7, 11) is 0. The van der Waals surface area contributed by atoms with Crippen molar-refractivity contribution in [3.05, 3.63) is 71.3 Å². The molecule has 1 N–H and O–H groups in total. The Morgan fingerprint density at radius 3 is 2.40 bits per heavy atom. The average Bonchev–Trinajstić information content (AvgIpc) is 3.15. The number of likely N-dealkylation sites (tertiary alicyclic amines) is 1. The molecule has 1 heterocycles. The Labute approximate surface area is 154 Å². The van der Waals surface area contributed by atoms with Gasteiger partial charge in [0.05, 0.1) is 5.75 Å². The van der Waals surface area contributed by atoms with Gasteiger partial charge in [0.2, 0.25) is 5.91 Å². The van der Waals surface area contributed by atoms with E-state index >= 15 is 0 Å². The number of hydrogen-bond acceptors (Lipinski definition) is 3. The van der Waals surface area contributed by atoms with E-state index in [0.29, 0.717) is 12.3 Å². The lowest BCUT2D eigenvalue weighted by atomic mass is 10.1. The molecule has 0 unspecified atom stereocenters. The largest absolute Gasteiger partial charge is 0.351 e. The van der Waals surface area contributed by atoms with Crippen molar-refractivity contribution in [1.82, 2.24) is 10.2 Å². The van der Waals surface area contributed by atoms with Crippen LogP contribution in [-0.2, 0) is 23.6 Å². The average molecular weight is 355 g/mol. The number of rotatable bonds is 8. The van der Waals surface area contributed by atoms with Crippen LogP contribution in [0.15, 0.2) is 54.6 Å². The molecular formula is C21H26N2OS. The fourth-order valence-electron chi connectivity index (χ4n) is 3.15. The van der Waals surface area contributed by atoms with Crippen molar-refractivity contribution in [3.8, 4) is 0 Å². The molecule has 3 rings (SSSR count). The number of amides is 1. The van der Waals surface area contributed by atoms with Crippen molar-refractivity contribution in [2.45, 2.75) is 31.7 Å². The predicted octanol–water partition coefficient (Wildman–Crippen LogP) is 3.83. The van der Waals surface area contributed by atoms with E-state index in [9.17, 15) is 4.79 Å². The molecule has 1 amide bonds. The Kier molecular flexibility index (Phi) is 6.95. The quantitative estimate of drug-likeness (QED) is 0.782. The summed E-state index contributed by atoms with van der Waals surface area (Å²) in [6, 6.07) is 18.7. The van der Waals surface area contributed by atoms with Crippen molar-refractivity contribution in [2.75, 3.05) is 18.8 Å². The van der Waals surface area contributed by atoms with Crippen molar-refractivity contribution in [2.24, 2.45) is 0 Å². The van der Waals surface area contributed by atoms with E-state index in [2.05, 4.69) is 46.6 Å². The minimum atomic E-state index is 0.108. The lowest BCUT2D eigenvalue weighted by molar-refractivity contribution is -0.118. The predicted molar refractivity (Wildman–Crippen MR) is 105 cm³/mol. The summed E-state index contributed by atoms with van der Waals surface area (Å²) in [5.41, 5.74) is 3.83. The molecule has 1 saturated heterocycles. The van der Waals surface area contributed by atoms with Crippen LogP contribution in [0.2, 0.25) is 0 Å². The first-order valence-corrected chi connectivity index (χ1v) is 10.1. The summed E-state index contributed by atoms with van der Waals surface area (Å²) in [5, 5.41) is 3.07. The molecule has 0 aromatic heterocycles. The Morgan fingerprint density at radius 1 is 0.960 bits per heavy atom. The van der Waals surface area contributed by atoms with Crippen LogP contribution in [0, 0.1) is 0 Å². The molecule has 0 bridgehead atoms. The summed E-state index contributed by atoms with van der Waals surface area (Å²) in [6.07, 6.45) is 2.61. The van der Waals surface area contributed by atoms with Crippen LogP contribution in [0.25, 0.3) is 0 Å². The molecule has 132 valence electrons. The van der Waals surface area contributed by atoms with Gasteiger partial charge in [-0.1, -0.05) is 54.6 Å². The highest BCUT2D eigenvalue weighted by Gasteiger charge is 2.13. The van der Waals surface area contributed by atoms with Crippen LogP contribution in [0.5, 0.6) is 0 Å². The maximum atomic E-state index is 12.1. The number of thioether (sulfide) groups is 1. The zero-order chi connectivity index (χ0) is 17.3. The summed E-state index contributed by atoms with van der Waals surface area (Å²) < 4.78 is 0. The van der Waals surface area contributed by atoms with Gasteiger partial charge in [-0.25, -0.2) is 0 Å². The molecule has 25 heavy (non-hydrogen) atoms. The van der Waals surface area contributed by atoms with Gasteiger partial charge >= 0.3 is 0 Å². The molecule has 0 radical (unpaired) electrons. The van der Waals surface area contributed by atoms with Crippen LogP contribution in [0.1, 0.15) is 29.5 Å². The molecule has 2 aromatic carbocycles. The van der Waals surface area contributed by atoms with E-state index in [1.165, 1.54) is 42.6 Å². The number of carbonyl (C=O) groups excluding carboxylic acids is 1. The zero-order valence-electron chi connectivity index (χ0n) is 14.6. The SMILES string of the molecule is O=C(CSCc1ccccc1)NCc1ccccc1CN1CCCC1. The van der Waals surface area contributed by atoms with Gasteiger partial charge in [0, 0.05) is 18.8 Å². The minimum Gasteiger partial charge on any atom is -0.351 e. The van der Waals surface area contributed by atoms with E-state index in [4.69, 9.17) is 0 Å². The number of carbonyl (C=O) groups is 1. The van der Waals surface area contributed by atoms with Gasteiger partial charge < -0.3 is 5.32 Å². The highest BCUT2D eigenvalue weighted by atomic mass is 32.2. The molecular weight excluding hydrogens is 328 g/mol. The minimum absolute atomic E-state index is 0.108. The molecule has 1 aliphatic rings. The molecule has 0 saturated carbocycles. The Bertz CT molecular complexity index is 669. The van der Waals surface area contributed by atoms with Gasteiger partial charge in [0.25, 0.3) is 0 Å². The van der Waals surface area contributed by atoms with Crippen LogP contribution >= 0.6 is 11.8 Å². The second kappa shape index (κ2) is 9.64. The fraction of sp³-hybridized carbons (Fsp3) is 0.381. The van der Waals surface area contributed by atoms with Gasteiger partial charge in [-0.2, -0.15) is 0 Å². The maximum Gasteiger partial charge on any atom is 0.230 e. The summed E-state index contributed by atoms with van der Waals surface area (Å²) in [4.78, 5) is 14.6. The Hall–Kier alpha value is -1.78. The number of nitrogens with one attached hydrogen (secondary N) is 1. The van der Waals surface area contributed by atoms with Crippen LogP contribution in [-0.4, -0.2) is 29.6 Å². The van der Waals surface area contributed by atoms with Crippen molar-refractivity contribution in [1.29, 1.82) is 0 Å². The van der Waals surface area contributed by atoms with E-state index in [1.54, 1.807) is 11.8 Å². The number of benzene rings is 2. The van der Waals surface area contributed by atoms with Crippen LogP contribution in [0.4, 0.5) is 0 Å². The molecule has 4 heteroatoms. The van der Waals surface area contributed by atoms with Crippen molar-refractivity contribution >= 4 is 17.7 Å². The topological polar surface area (TPSA) is 32.3 Å². The molecule has 0 aliphatic carbocycles. The summed E-state index contributed by atoms with van der Waals surface area (Å²) in [5.74, 6) is 1.49. The number of nitrogens with zero attached hydrogens (tertiary/aromatic N) is 1. The first-order valence-electron chi connectivity index (χ1n) is 8.99. The second-order valence-corrected chi connectivity index (χ2v) is 7.49. The Morgan fingerprint density at radius 2 is 1.64 bits per heavy atom.